The third-order valence-corrected chi connectivity index (χ3v) is 8.10. The molecule has 1 aliphatic rings. The number of rotatable bonds is 10. The van der Waals surface area contributed by atoms with Gasteiger partial charge in [-0.15, -0.1) is 0 Å². The Labute approximate surface area is 253 Å². The Hall–Kier alpha value is -4.50. The third kappa shape index (κ3) is 7.11. The number of nitrogens with zero attached hydrogens (tertiary/aromatic N) is 4. The smallest absolute Gasteiger partial charge is 0.255 e. The summed E-state index contributed by atoms with van der Waals surface area (Å²) < 4.78 is 0. The van der Waals surface area contributed by atoms with Gasteiger partial charge in [0.05, 0.1) is 23.4 Å². The first-order valence-corrected chi connectivity index (χ1v) is 15.2. The van der Waals surface area contributed by atoms with Gasteiger partial charge in [-0.1, -0.05) is 26.0 Å². The van der Waals surface area contributed by atoms with E-state index in [0.717, 1.165) is 78.0 Å². The van der Waals surface area contributed by atoms with E-state index < -0.39 is 0 Å². The summed E-state index contributed by atoms with van der Waals surface area (Å²) in [5, 5.41) is 10.1. The minimum Gasteiger partial charge on any atom is -0.370 e. The number of amides is 2. The van der Waals surface area contributed by atoms with E-state index in [0.29, 0.717) is 23.7 Å². The third-order valence-electron chi connectivity index (χ3n) is 8.10. The quantitative estimate of drug-likeness (QED) is 0.207. The predicted molar refractivity (Wildman–Crippen MR) is 176 cm³/mol. The van der Waals surface area contributed by atoms with Gasteiger partial charge in [-0.25, -0.2) is 9.97 Å². The van der Waals surface area contributed by atoms with E-state index in [2.05, 4.69) is 49.6 Å². The van der Waals surface area contributed by atoms with Gasteiger partial charge in [0.2, 0.25) is 11.9 Å². The summed E-state index contributed by atoms with van der Waals surface area (Å²) in [6.45, 7) is 9.99. The number of piperidine rings is 1. The van der Waals surface area contributed by atoms with Crippen LogP contribution in [0.2, 0.25) is 0 Å². The number of aromatic nitrogens is 2. The molecule has 1 aromatic heterocycles. The van der Waals surface area contributed by atoms with Crippen LogP contribution < -0.4 is 20.9 Å². The molecule has 3 aromatic carbocycles. The molecule has 3 N–H and O–H groups in total. The van der Waals surface area contributed by atoms with E-state index in [-0.39, 0.29) is 11.8 Å². The zero-order valence-electron chi connectivity index (χ0n) is 25.5. The van der Waals surface area contributed by atoms with E-state index in [1.165, 1.54) is 6.42 Å². The number of nitrogens with one attached hydrogen (secondary N) is 3. The zero-order chi connectivity index (χ0) is 30.3. The fourth-order valence-corrected chi connectivity index (χ4v) is 5.56. The van der Waals surface area contributed by atoms with Crippen LogP contribution in [0.25, 0.3) is 22.0 Å². The topological polar surface area (TPSA) is 102 Å². The van der Waals surface area contributed by atoms with Crippen LogP contribution in [0, 0.1) is 6.92 Å². The Bertz CT molecular complexity index is 1610. The fraction of sp³-hybridized carbons (Fsp3) is 0.353. The number of fused-ring (bicyclic) bond motifs is 1. The minimum atomic E-state index is -0.213. The molecule has 1 saturated heterocycles. The van der Waals surface area contributed by atoms with Crippen LogP contribution in [0.15, 0.2) is 60.8 Å². The van der Waals surface area contributed by atoms with Gasteiger partial charge in [0.25, 0.3) is 5.91 Å². The lowest BCUT2D eigenvalue weighted by Gasteiger charge is -2.31. The summed E-state index contributed by atoms with van der Waals surface area (Å²) >= 11 is 0. The molecular weight excluding hydrogens is 538 g/mol. The van der Waals surface area contributed by atoms with Crippen LogP contribution in [-0.2, 0) is 4.79 Å². The van der Waals surface area contributed by atoms with Crippen LogP contribution in [0.4, 0.5) is 23.0 Å². The average Bonchev–Trinajstić information content (AvgIpc) is 3.03. The van der Waals surface area contributed by atoms with Crippen molar-refractivity contribution in [1.82, 2.24) is 14.9 Å². The minimum absolute atomic E-state index is 0.0587. The van der Waals surface area contributed by atoms with Crippen molar-refractivity contribution in [3.05, 3.63) is 71.9 Å². The summed E-state index contributed by atoms with van der Waals surface area (Å²) in [7, 11) is 1.79. The van der Waals surface area contributed by atoms with Crippen molar-refractivity contribution in [2.24, 2.45) is 0 Å². The van der Waals surface area contributed by atoms with Crippen molar-refractivity contribution in [2.75, 3.05) is 60.6 Å². The Morgan fingerprint density at radius 2 is 1.72 bits per heavy atom. The lowest BCUT2D eigenvalue weighted by molar-refractivity contribution is -0.117. The SMILES string of the molecule is CCN(CC)CC(=O)Nc1cc(NC(=O)c2ccc(C)c(-c3ccc4nc(NC)ncc4c3)c2)ccc1N1CCCCC1. The van der Waals surface area contributed by atoms with Gasteiger partial charge in [-0.3, -0.25) is 14.5 Å². The number of carbonyl (C=O) groups excluding carboxylic acids is 2. The van der Waals surface area contributed by atoms with Gasteiger partial charge in [-0.05, 0) is 98.4 Å². The van der Waals surface area contributed by atoms with Gasteiger partial charge < -0.3 is 20.9 Å². The molecule has 1 fully saturated rings. The van der Waals surface area contributed by atoms with Crippen molar-refractivity contribution in [3.8, 4) is 11.1 Å². The highest BCUT2D eigenvalue weighted by Gasteiger charge is 2.19. The second kappa shape index (κ2) is 13.6. The van der Waals surface area contributed by atoms with E-state index in [1.54, 1.807) is 13.2 Å². The first-order chi connectivity index (χ1) is 20.9. The average molecular weight is 580 g/mol. The molecule has 5 rings (SSSR count). The molecule has 0 spiro atoms. The highest BCUT2D eigenvalue weighted by atomic mass is 16.2. The number of anilines is 4. The molecule has 2 amide bonds. The lowest BCUT2D eigenvalue weighted by atomic mass is 9.97. The molecular formula is C34H41N7O2. The molecule has 4 aromatic rings. The molecule has 0 atom stereocenters. The number of hydrogen-bond acceptors (Lipinski definition) is 7. The molecule has 2 heterocycles. The molecule has 9 heteroatoms. The molecule has 9 nitrogen and oxygen atoms in total. The van der Waals surface area contributed by atoms with E-state index in [4.69, 9.17) is 0 Å². The number of hydrogen-bond donors (Lipinski definition) is 3. The highest BCUT2D eigenvalue weighted by Crippen LogP contribution is 2.32. The maximum Gasteiger partial charge on any atom is 0.255 e. The van der Waals surface area contributed by atoms with E-state index in [9.17, 15) is 9.59 Å². The number of carbonyl (C=O) groups is 2. The molecule has 43 heavy (non-hydrogen) atoms. The molecule has 0 saturated carbocycles. The molecule has 0 bridgehead atoms. The number of aryl methyl sites for hydroxylation is 1. The van der Waals surface area contributed by atoms with Crippen LogP contribution in [0.3, 0.4) is 0 Å². The van der Waals surface area contributed by atoms with E-state index in [1.807, 2.05) is 61.5 Å². The fourth-order valence-electron chi connectivity index (χ4n) is 5.56. The number of benzene rings is 3. The van der Waals surface area contributed by atoms with Crippen molar-refractivity contribution < 1.29 is 9.59 Å². The van der Waals surface area contributed by atoms with Gasteiger partial charge in [0, 0.05) is 43.0 Å². The van der Waals surface area contributed by atoms with E-state index >= 15 is 0 Å². The van der Waals surface area contributed by atoms with Crippen LogP contribution in [-0.4, -0.2) is 66.5 Å². The van der Waals surface area contributed by atoms with Gasteiger partial charge in [0.15, 0.2) is 0 Å². The first-order valence-electron chi connectivity index (χ1n) is 15.2. The maximum atomic E-state index is 13.5. The van der Waals surface area contributed by atoms with Gasteiger partial charge in [-0.2, -0.15) is 0 Å². The molecule has 1 aliphatic heterocycles. The van der Waals surface area contributed by atoms with Crippen LogP contribution >= 0.6 is 0 Å². The van der Waals surface area contributed by atoms with Crippen molar-refractivity contribution in [1.29, 1.82) is 0 Å². The molecule has 0 aliphatic carbocycles. The highest BCUT2D eigenvalue weighted by molar-refractivity contribution is 6.06. The Kier molecular flexibility index (Phi) is 9.51. The van der Waals surface area contributed by atoms with Crippen molar-refractivity contribution >= 4 is 45.7 Å². The largest absolute Gasteiger partial charge is 0.370 e. The maximum absolute atomic E-state index is 13.5. The monoisotopic (exact) mass is 579 g/mol. The summed E-state index contributed by atoms with van der Waals surface area (Å²) in [5.41, 5.74) is 6.77. The lowest BCUT2D eigenvalue weighted by Crippen LogP contribution is -2.34. The zero-order valence-corrected chi connectivity index (χ0v) is 25.5. The van der Waals surface area contributed by atoms with Gasteiger partial charge >= 0.3 is 0 Å². The van der Waals surface area contributed by atoms with Gasteiger partial charge in [0.1, 0.15) is 0 Å². The summed E-state index contributed by atoms with van der Waals surface area (Å²) in [6, 6.07) is 17.6. The van der Waals surface area contributed by atoms with Crippen LogP contribution in [0.1, 0.15) is 49.0 Å². The Balaban J connectivity index is 1.39. The predicted octanol–water partition coefficient (Wildman–Crippen LogP) is 6.17. The standard InChI is InChI=1S/C34H41N7O2/c1-5-40(6-2)22-32(42)38-30-20-27(13-15-31(30)41-16-8-7-9-17-41)37-33(43)25-11-10-23(3)28(19-25)24-12-14-29-26(18-24)21-36-34(35-4)39-29/h10-15,18-21H,5-9,16-17,22H2,1-4H3,(H,37,43)(H,38,42)(H,35,36,39). The normalized spacial score (nSPS) is 13.3. The summed E-state index contributed by atoms with van der Waals surface area (Å²) in [5.74, 6) is 0.303. The summed E-state index contributed by atoms with van der Waals surface area (Å²) in [4.78, 5) is 39.7. The molecule has 0 radical (unpaired) electrons. The molecule has 224 valence electrons. The van der Waals surface area contributed by atoms with Crippen molar-refractivity contribution in [2.45, 2.75) is 40.0 Å². The first kappa shape index (κ1) is 30.0. The Morgan fingerprint density at radius 1 is 0.930 bits per heavy atom. The summed E-state index contributed by atoms with van der Waals surface area (Å²) in [6.07, 6.45) is 5.27. The van der Waals surface area contributed by atoms with Crippen molar-refractivity contribution in [3.63, 3.8) is 0 Å². The second-order valence-electron chi connectivity index (χ2n) is 11.0. The number of likely N-dealkylation sites (N-methyl/N-ethyl adjacent to an activating group) is 1. The Morgan fingerprint density at radius 3 is 2.47 bits per heavy atom. The second-order valence-corrected chi connectivity index (χ2v) is 11.0. The molecule has 0 unspecified atom stereocenters. The van der Waals surface area contributed by atoms with Crippen LogP contribution in [0.5, 0.6) is 0 Å².